The summed E-state index contributed by atoms with van der Waals surface area (Å²) >= 11 is 0. The van der Waals surface area contributed by atoms with Crippen LogP contribution in [0.25, 0.3) is 11.0 Å². The number of anilines is 1. The van der Waals surface area contributed by atoms with Gasteiger partial charge in [-0.2, -0.15) is 0 Å². The van der Waals surface area contributed by atoms with Crippen LogP contribution in [0, 0.1) is 11.8 Å². The molecule has 186 valence electrons. The van der Waals surface area contributed by atoms with E-state index >= 15 is 0 Å². The number of para-hydroxylation sites is 2. The molecule has 2 aromatic carbocycles. The smallest absolute Gasteiger partial charge is 0.242 e. The second kappa shape index (κ2) is 10.5. The van der Waals surface area contributed by atoms with E-state index in [9.17, 15) is 9.59 Å². The molecule has 1 fully saturated rings. The minimum Gasteiger partial charge on any atom is -0.497 e. The average molecular weight is 477 g/mol. The Morgan fingerprint density at radius 2 is 1.71 bits per heavy atom. The van der Waals surface area contributed by atoms with Crippen LogP contribution in [0.2, 0.25) is 0 Å². The number of fused-ring (bicyclic) bond motifs is 1. The summed E-state index contributed by atoms with van der Waals surface area (Å²) in [4.78, 5) is 35.2. The van der Waals surface area contributed by atoms with Crippen molar-refractivity contribution < 1.29 is 14.3 Å². The predicted octanol–water partition coefficient (Wildman–Crippen LogP) is 4.71. The van der Waals surface area contributed by atoms with Gasteiger partial charge < -0.3 is 19.1 Å². The van der Waals surface area contributed by atoms with Gasteiger partial charge >= 0.3 is 0 Å². The first-order valence-electron chi connectivity index (χ1n) is 12.4. The lowest BCUT2D eigenvalue weighted by Crippen LogP contribution is -2.39. The molecule has 0 aliphatic carbocycles. The summed E-state index contributed by atoms with van der Waals surface area (Å²) in [6.07, 6.45) is 0.366. The highest BCUT2D eigenvalue weighted by molar-refractivity contribution is 5.96. The standard InChI is InChI=1S/C28H36N4O3/c1-19(2)15-30(16-20(3)4)27(34)18-32-25-9-7-6-8-24(25)29-28(32)21-14-26(33)31(17-21)22-10-12-23(35-5)13-11-22/h6-13,19-21H,14-18H2,1-5H3/t21-/m0/s1. The summed E-state index contributed by atoms with van der Waals surface area (Å²) in [7, 11) is 1.63. The lowest BCUT2D eigenvalue weighted by atomic mass is 10.1. The van der Waals surface area contributed by atoms with Gasteiger partial charge in [-0.15, -0.1) is 0 Å². The maximum absolute atomic E-state index is 13.5. The Hall–Kier alpha value is -3.35. The summed E-state index contributed by atoms with van der Waals surface area (Å²) in [5.41, 5.74) is 2.63. The van der Waals surface area contributed by atoms with Crippen LogP contribution >= 0.6 is 0 Å². The van der Waals surface area contributed by atoms with E-state index in [1.165, 1.54) is 0 Å². The number of rotatable bonds is 9. The second-order valence-corrected chi connectivity index (χ2v) is 10.2. The van der Waals surface area contributed by atoms with Crippen LogP contribution in [0.1, 0.15) is 45.9 Å². The second-order valence-electron chi connectivity index (χ2n) is 10.2. The Kier molecular flexibility index (Phi) is 7.43. The molecule has 1 saturated heterocycles. The lowest BCUT2D eigenvalue weighted by Gasteiger charge is -2.27. The van der Waals surface area contributed by atoms with Crippen LogP contribution in [0.15, 0.2) is 48.5 Å². The molecule has 0 radical (unpaired) electrons. The summed E-state index contributed by atoms with van der Waals surface area (Å²) < 4.78 is 7.28. The van der Waals surface area contributed by atoms with Crippen LogP contribution in [0.4, 0.5) is 5.69 Å². The van der Waals surface area contributed by atoms with Crippen molar-refractivity contribution in [3.63, 3.8) is 0 Å². The molecule has 2 heterocycles. The number of nitrogens with zero attached hydrogens (tertiary/aromatic N) is 4. The van der Waals surface area contributed by atoms with E-state index in [4.69, 9.17) is 9.72 Å². The fourth-order valence-corrected chi connectivity index (χ4v) is 4.86. The van der Waals surface area contributed by atoms with E-state index < -0.39 is 0 Å². The monoisotopic (exact) mass is 476 g/mol. The molecule has 0 unspecified atom stereocenters. The highest BCUT2D eigenvalue weighted by Crippen LogP contribution is 2.34. The van der Waals surface area contributed by atoms with Gasteiger partial charge in [-0.1, -0.05) is 39.8 Å². The zero-order valence-electron chi connectivity index (χ0n) is 21.4. The number of carbonyl (C=O) groups excluding carboxylic acids is 2. The van der Waals surface area contributed by atoms with Crippen LogP contribution < -0.4 is 9.64 Å². The van der Waals surface area contributed by atoms with Crippen molar-refractivity contribution in [3.8, 4) is 5.75 Å². The largest absolute Gasteiger partial charge is 0.497 e. The first kappa shape index (κ1) is 24.8. The maximum atomic E-state index is 13.5. The van der Waals surface area contributed by atoms with Gasteiger partial charge in [0, 0.05) is 37.7 Å². The number of amides is 2. The summed E-state index contributed by atoms with van der Waals surface area (Å²) in [6.45, 7) is 10.8. The third kappa shape index (κ3) is 5.50. The third-order valence-electron chi connectivity index (χ3n) is 6.38. The van der Waals surface area contributed by atoms with Crippen LogP contribution in [-0.2, 0) is 16.1 Å². The van der Waals surface area contributed by atoms with Crippen molar-refractivity contribution in [2.45, 2.75) is 46.6 Å². The van der Waals surface area contributed by atoms with Crippen molar-refractivity contribution in [2.24, 2.45) is 11.8 Å². The van der Waals surface area contributed by atoms with Crippen LogP contribution in [0.5, 0.6) is 5.75 Å². The normalized spacial score (nSPS) is 16.0. The number of imidazole rings is 1. The molecule has 0 bridgehead atoms. The van der Waals surface area contributed by atoms with Gasteiger partial charge in [0.15, 0.2) is 0 Å². The van der Waals surface area contributed by atoms with E-state index in [-0.39, 0.29) is 24.3 Å². The molecule has 1 aliphatic heterocycles. The van der Waals surface area contributed by atoms with E-state index in [0.717, 1.165) is 41.4 Å². The molecule has 35 heavy (non-hydrogen) atoms. The van der Waals surface area contributed by atoms with Crippen molar-refractivity contribution in [1.82, 2.24) is 14.5 Å². The lowest BCUT2D eigenvalue weighted by molar-refractivity contribution is -0.132. The molecule has 0 spiro atoms. The van der Waals surface area contributed by atoms with E-state index in [0.29, 0.717) is 24.8 Å². The Morgan fingerprint density at radius 1 is 1.06 bits per heavy atom. The number of carbonyl (C=O) groups is 2. The highest BCUT2D eigenvalue weighted by Gasteiger charge is 2.35. The van der Waals surface area contributed by atoms with Crippen molar-refractivity contribution >= 4 is 28.5 Å². The van der Waals surface area contributed by atoms with Gasteiger partial charge in [0.25, 0.3) is 0 Å². The number of hydrogen-bond acceptors (Lipinski definition) is 4. The SMILES string of the molecule is COc1ccc(N2C[C@@H](c3nc4ccccc4n3CC(=O)N(CC(C)C)CC(C)C)CC2=O)cc1. The van der Waals surface area contributed by atoms with Gasteiger partial charge in [0.1, 0.15) is 18.1 Å². The molecule has 0 saturated carbocycles. The van der Waals surface area contributed by atoms with E-state index in [1.807, 2.05) is 58.0 Å². The summed E-state index contributed by atoms with van der Waals surface area (Å²) in [6, 6.07) is 15.4. The Labute approximate surface area is 207 Å². The third-order valence-corrected chi connectivity index (χ3v) is 6.38. The molecule has 4 rings (SSSR count). The topological polar surface area (TPSA) is 67.7 Å². The molecular formula is C28H36N4O3. The number of methoxy groups -OCH3 is 1. The van der Waals surface area contributed by atoms with Crippen LogP contribution in [0.3, 0.4) is 0 Å². The molecule has 1 aliphatic rings. The Bertz CT molecular complexity index is 1170. The van der Waals surface area contributed by atoms with Gasteiger partial charge in [-0.05, 0) is 48.2 Å². The first-order chi connectivity index (χ1) is 16.8. The zero-order valence-corrected chi connectivity index (χ0v) is 21.4. The quantitative estimate of drug-likeness (QED) is 0.449. The molecule has 0 N–H and O–H groups in total. The predicted molar refractivity (Wildman–Crippen MR) is 139 cm³/mol. The van der Waals surface area contributed by atoms with E-state index in [1.54, 1.807) is 12.0 Å². The Morgan fingerprint density at radius 3 is 2.34 bits per heavy atom. The van der Waals surface area contributed by atoms with Crippen molar-refractivity contribution in [3.05, 3.63) is 54.4 Å². The summed E-state index contributed by atoms with van der Waals surface area (Å²) in [5, 5.41) is 0. The highest BCUT2D eigenvalue weighted by atomic mass is 16.5. The van der Waals surface area contributed by atoms with Crippen LogP contribution in [-0.4, -0.2) is 53.0 Å². The number of ether oxygens (including phenoxy) is 1. The van der Waals surface area contributed by atoms with Crippen molar-refractivity contribution in [1.29, 1.82) is 0 Å². The molecule has 1 aromatic heterocycles. The molecule has 7 nitrogen and oxygen atoms in total. The van der Waals surface area contributed by atoms with Crippen molar-refractivity contribution in [2.75, 3.05) is 31.6 Å². The van der Waals surface area contributed by atoms with Gasteiger partial charge in [0.2, 0.25) is 11.8 Å². The minimum absolute atomic E-state index is 0.0614. The minimum atomic E-state index is -0.0894. The molecular weight excluding hydrogens is 440 g/mol. The molecule has 7 heteroatoms. The number of hydrogen-bond donors (Lipinski definition) is 0. The van der Waals surface area contributed by atoms with Gasteiger partial charge in [-0.25, -0.2) is 4.98 Å². The Balaban J connectivity index is 1.63. The zero-order chi connectivity index (χ0) is 25.1. The van der Waals surface area contributed by atoms with Gasteiger partial charge in [-0.3, -0.25) is 9.59 Å². The number of aromatic nitrogens is 2. The maximum Gasteiger partial charge on any atom is 0.242 e. The van der Waals surface area contributed by atoms with Gasteiger partial charge in [0.05, 0.1) is 18.1 Å². The summed E-state index contributed by atoms with van der Waals surface area (Å²) in [5.74, 6) is 2.40. The molecule has 2 amide bonds. The fourth-order valence-electron chi connectivity index (χ4n) is 4.86. The molecule has 1 atom stereocenters. The number of benzene rings is 2. The molecule has 3 aromatic rings. The first-order valence-corrected chi connectivity index (χ1v) is 12.4. The van der Waals surface area contributed by atoms with E-state index in [2.05, 4.69) is 27.7 Å². The fraction of sp³-hybridized carbons (Fsp3) is 0.464. The average Bonchev–Trinajstić information content (AvgIpc) is 3.38.